The minimum Gasteiger partial charge on any atom is -0.465 e. The highest BCUT2D eigenvalue weighted by molar-refractivity contribution is 6.30. The van der Waals surface area contributed by atoms with Crippen molar-refractivity contribution in [3.05, 3.63) is 76.6 Å². The number of rotatable bonds is 8. The zero-order valence-corrected chi connectivity index (χ0v) is 27.0. The van der Waals surface area contributed by atoms with E-state index in [1.807, 2.05) is 29.7 Å². The molecule has 12 heteroatoms. The molecule has 47 heavy (non-hydrogen) atoms. The molecule has 0 unspecified atom stereocenters. The summed E-state index contributed by atoms with van der Waals surface area (Å²) in [6, 6.07) is 15.3. The van der Waals surface area contributed by atoms with E-state index in [4.69, 9.17) is 30.8 Å². The van der Waals surface area contributed by atoms with Crippen molar-refractivity contribution >= 4 is 34.3 Å². The van der Waals surface area contributed by atoms with Crippen LogP contribution in [-0.2, 0) is 23.6 Å². The minimum absolute atomic E-state index is 0.146. The Labute approximate surface area is 276 Å². The molecule has 0 spiro atoms. The van der Waals surface area contributed by atoms with E-state index in [-0.39, 0.29) is 28.6 Å². The molecule has 2 aromatic heterocycles. The highest BCUT2D eigenvalue weighted by Crippen LogP contribution is 2.52. The molecular formula is C35H34ClFN6O4. The molecule has 2 aliphatic carbocycles. The molecule has 0 bridgehead atoms. The van der Waals surface area contributed by atoms with Gasteiger partial charge in [-0.25, -0.2) is 14.2 Å². The Kier molecular flexibility index (Phi) is 7.08. The summed E-state index contributed by atoms with van der Waals surface area (Å²) in [6.07, 6.45) is 5.94. The number of carbonyl (C=O) groups excluding carboxylic acids is 1. The van der Waals surface area contributed by atoms with Crippen molar-refractivity contribution in [2.24, 2.45) is 5.41 Å². The molecule has 242 valence electrons. The summed E-state index contributed by atoms with van der Waals surface area (Å²) in [5, 5.41) is 10.1. The Balaban J connectivity index is 1.07. The molecule has 3 fully saturated rings. The van der Waals surface area contributed by atoms with Gasteiger partial charge < -0.3 is 23.7 Å². The van der Waals surface area contributed by atoms with E-state index in [9.17, 15) is 10.1 Å². The summed E-state index contributed by atoms with van der Waals surface area (Å²) in [5.74, 6) is -0.104. The molecule has 4 heterocycles. The SMILES string of the molecule is COC(=O)c1cc(F)c2nc(CN3CCN(c4cccc5c4O[C@@](C)(c4ccc(Cl)cn4)O5)[C@H]4CC[C@@H]43)n(CC3(CC#N)CC3)c2c1. The second-order valence-electron chi connectivity index (χ2n) is 13.3. The maximum absolute atomic E-state index is 15.4. The molecular weight excluding hydrogens is 623 g/mol. The molecule has 2 aromatic carbocycles. The van der Waals surface area contributed by atoms with Crippen LogP contribution in [0.5, 0.6) is 11.5 Å². The number of carbonyl (C=O) groups is 1. The Morgan fingerprint density at radius 1 is 1.17 bits per heavy atom. The van der Waals surface area contributed by atoms with Crippen LogP contribution in [0.15, 0.2) is 48.7 Å². The number of methoxy groups -OCH3 is 1. The summed E-state index contributed by atoms with van der Waals surface area (Å²) >= 11 is 6.08. The quantitative estimate of drug-likeness (QED) is 0.205. The molecule has 0 N–H and O–H groups in total. The fourth-order valence-electron chi connectivity index (χ4n) is 7.42. The average Bonchev–Trinajstić information content (AvgIpc) is 3.58. The zero-order valence-electron chi connectivity index (χ0n) is 26.2. The van der Waals surface area contributed by atoms with Gasteiger partial charge in [0, 0.05) is 56.7 Å². The number of fused-ring (bicyclic) bond motifs is 3. The highest BCUT2D eigenvalue weighted by Gasteiger charge is 2.48. The third-order valence-electron chi connectivity index (χ3n) is 10.3. The van der Waals surface area contributed by atoms with Crippen LogP contribution in [0.1, 0.15) is 60.9 Å². The number of esters is 1. The maximum Gasteiger partial charge on any atom is 0.338 e. The van der Waals surface area contributed by atoms with Crippen molar-refractivity contribution in [3.63, 3.8) is 0 Å². The monoisotopic (exact) mass is 656 g/mol. The van der Waals surface area contributed by atoms with Gasteiger partial charge in [-0.15, -0.1) is 0 Å². The number of nitriles is 1. The minimum atomic E-state index is -1.07. The smallest absolute Gasteiger partial charge is 0.338 e. The lowest BCUT2D eigenvalue weighted by Crippen LogP contribution is -2.64. The van der Waals surface area contributed by atoms with E-state index in [1.54, 1.807) is 18.3 Å². The number of hydrogen-bond donors (Lipinski definition) is 0. The normalized spacial score (nSPS) is 24.0. The molecule has 0 amide bonds. The molecule has 10 nitrogen and oxygen atoms in total. The number of benzene rings is 2. The van der Waals surface area contributed by atoms with Crippen LogP contribution in [-0.4, -0.2) is 57.7 Å². The fraction of sp³-hybridized carbons (Fsp3) is 0.429. The summed E-state index contributed by atoms with van der Waals surface area (Å²) in [4.78, 5) is 26.5. The number of hydrogen-bond acceptors (Lipinski definition) is 9. The van der Waals surface area contributed by atoms with Crippen LogP contribution in [0.4, 0.5) is 10.1 Å². The highest BCUT2D eigenvalue weighted by atomic mass is 35.5. The second-order valence-corrected chi connectivity index (χ2v) is 13.7. The predicted molar refractivity (Wildman–Crippen MR) is 172 cm³/mol. The maximum atomic E-state index is 15.4. The molecule has 0 radical (unpaired) electrons. The Bertz CT molecular complexity index is 1940. The molecule has 8 rings (SSSR count). The van der Waals surface area contributed by atoms with Gasteiger partial charge in [0.2, 0.25) is 0 Å². The predicted octanol–water partition coefficient (Wildman–Crippen LogP) is 6.20. The lowest BCUT2D eigenvalue weighted by Gasteiger charge is -2.54. The first kappa shape index (κ1) is 30.0. The second kappa shape index (κ2) is 11.1. The van der Waals surface area contributed by atoms with E-state index in [0.29, 0.717) is 47.2 Å². The van der Waals surface area contributed by atoms with Gasteiger partial charge in [-0.3, -0.25) is 9.88 Å². The Hall–Kier alpha value is -4.40. The lowest BCUT2D eigenvalue weighted by molar-refractivity contribution is -0.0717. The number of aromatic nitrogens is 3. The molecule has 2 saturated carbocycles. The largest absolute Gasteiger partial charge is 0.465 e. The number of pyridine rings is 1. The third kappa shape index (κ3) is 5.06. The van der Waals surface area contributed by atoms with Crippen LogP contribution in [0.3, 0.4) is 0 Å². The van der Waals surface area contributed by atoms with Crippen LogP contribution in [0.25, 0.3) is 11.0 Å². The summed E-state index contributed by atoms with van der Waals surface area (Å²) < 4.78 is 35.2. The van der Waals surface area contributed by atoms with Gasteiger partial charge in [0.25, 0.3) is 5.79 Å². The fourth-order valence-corrected chi connectivity index (χ4v) is 7.53. The Morgan fingerprint density at radius 3 is 2.70 bits per heavy atom. The molecule has 4 aromatic rings. The number of nitrogens with zero attached hydrogens (tertiary/aromatic N) is 6. The summed E-state index contributed by atoms with van der Waals surface area (Å²) in [7, 11) is 1.28. The van der Waals surface area contributed by atoms with Gasteiger partial charge >= 0.3 is 5.97 Å². The van der Waals surface area contributed by atoms with Crippen LogP contribution < -0.4 is 14.4 Å². The van der Waals surface area contributed by atoms with E-state index in [1.165, 1.54) is 13.2 Å². The van der Waals surface area contributed by atoms with Crippen LogP contribution >= 0.6 is 11.6 Å². The van der Waals surface area contributed by atoms with Gasteiger partial charge in [-0.2, -0.15) is 5.26 Å². The molecule has 2 aliphatic heterocycles. The van der Waals surface area contributed by atoms with E-state index in [0.717, 1.165) is 50.3 Å². The molecule has 1 saturated heterocycles. The first-order chi connectivity index (χ1) is 22.7. The zero-order chi connectivity index (χ0) is 32.5. The topological polar surface area (TPSA) is 106 Å². The van der Waals surface area contributed by atoms with E-state index >= 15 is 4.39 Å². The number of para-hydroxylation sites is 1. The van der Waals surface area contributed by atoms with Crippen molar-refractivity contribution < 1.29 is 23.4 Å². The van der Waals surface area contributed by atoms with Crippen LogP contribution in [0, 0.1) is 22.6 Å². The van der Waals surface area contributed by atoms with Crippen molar-refractivity contribution in [1.82, 2.24) is 19.4 Å². The van der Waals surface area contributed by atoms with Gasteiger partial charge in [0.1, 0.15) is 17.0 Å². The van der Waals surface area contributed by atoms with Crippen molar-refractivity contribution in [3.8, 4) is 17.6 Å². The van der Waals surface area contributed by atoms with Crippen molar-refractivity contribution in [2.75, 3.05) is 25.1 Å². The summed E-state index contributed by atoms with van der Waals surface area (Å²) in [6.45, 7) is 4.48. The number of anilines is 1. The van der Waals surface area contributed by atoms with Crippen molar-refractivity contribution in [1.29, 1.82) is 5.26 Å². The van der Waals surface area contributed by atoms with Crippen molar-refractivity contribution in [2.45, 2.75) is 70.0 Å². The Morgan fingerprint density at radius 2 is 2.00 bits per heavy atom. The summed E-state index contributed by atoms with van der Waals surface area (Å²) in [5.41, 5.74) is 2.41. The first-order valence-corrected chi connectivity index (χ1v) is 16.4. The van der Waals surface area contributed by atoms with Gasteiger partial charge in [0.15, 0.2) is 17.3 Å². The number of ether oxygens (including phenoxy) is 3. The van der Waals surface area contributed by atoms with Gasteiger partial charge in [-0.1, -0.05) is 17.7 Å². The van der Waals surface area contributed by atoms with Crippen LogP contribution in [0.2, 0.25) is 5.02 Å². The standard InChI is InChI=1S/C35H34ClFN6O4/c1-34(29-9-6-22(36)18-39-29)46-28-5-3-4-26(32(28)47-34)42-15-14-41(24-7-8-25(24)42)19-30-40-31-23(37)16-21(33(44)45-2)17-27(31)43(30)20-35(10-11-35)12-13-38/h3-6,9,16-18,24-25H,7-8,10-12,14-15,19-20H2,1-2H3/t24-,25-,34-/m0/s1. The van der Waals surface area contributed by atoms with E-state index < -0.39 is 17.6 Å². The lowest BCUT2D eigenvalue weighted by atomic mass is 9.81. The third-order valence-corrected chi connectivity index (χ3v) is 10.5. The first-order valence-electron chi connectivity index (χ1n) is 16.0. The number of halogens is 2. The number of piperazine rings is 1. The molecule has 4 aliphatic rings. The average molecular weight is 657 g/mol. The molecule has 3 atom stereocenters. The number of imidazole rings is 1. The van der Waals surface area contributed by atoms with E-state index in [2.05, 4.69) is 26.9 Å². The van der Waals surface area contributed by atoms with Gasteiger partial charge in [0.05, 0.1) is 41.5 Å². The van der Waals surface area contributed by atoms with Gasteiger partial charge in [-0.05, 0) is 62.1 Å².